The summed E-state index contributed by atoms with van der Waals surface area (Å²) in [5.41, 5.74) is 5.35. The molecule has 0 amide bonds. The van der Waals surface area contributed by atoms with E-state index in [0.29, 0.717) is 13.0 Å². The molecule has 0 aromatic rings. The van der Waals surface area contributed by atoms with E-state index in [1.54, 1.807) is 0 Å². The summed E-state index contributed by atoms with van der Waals surface area (Å²) >= 11 is 0. The van der Waals surface area contributed by atoms with Gasteiger partial charge in [0.1, 0.15) is 12.1 Å². The number of unbranched alkanes of at least 4 members (excludes halogenated alkanes) is 13. The van der Waals surface area contributed by atoms with Crippen molar-refractivity contribution in [1.29, 1.82) is 0 Å². The highest BCUT2D eigenvalue weighted by Crippen LogP contribution is 2.43. The third-order valence-electron chi connectivity index (χ3n) is 8.48. The Kier molecular flexibility index (Phi) is 37.8. The largest absolute Gasteiger partial charge is 0.480 e. The smallest absolute Gasteiger partial charge is 0.472 e. The quantitative estimate of drug-likeness (QED) is 0.0237. The molecule has 0 radical (unpaired) electrons. The Balaban J connectivity index is 4.31. The van der Waals surface area contributed by atoms with Crippen LogP contribution in [0.3, 0.4) is 0 Å². The van der Waals surface area contributed by atoms with Crippen molar-refractivity contribution in [2.24, 2.45) is 5.73 Å². The minimum absolute atomic E-state index is 0.000122. The van der Waals surface area contributed by atoms with Gasteiger partial charge in [0.25, 0.3) is 0 Å². The van der Waals surface area contributed by atoms with Gasteiger partial charge in [-0.2, -0.15) is 0 Å². The number of carbonyl (C=O) groups excluding carboxylic acids is 1. The Morgan fingerprint density at radius 1 is 0.582 bits per heavy atom. The highest BCUT2D eigenvalue weighted by molar-refractivity contribution is 7.47. The van der Waals surface area contributed by atoms with Crippen molar-refractivity contribution in [2.75, 3.05) is 26.4 Å². The molecule has 3 atom stereocenters. The molecular weight excluding hydrogens is 717 g/mol. The van der Waals surface area contributed by atoms with Crippen LogP contribution in [0.5, 0.6) is 0 Å². The van der Waals surface area contributed by atoms with Crippen LogP contribution in [0, 0.1) is 0 Å². The zero-order valence-electron chi connectivity index (χ0n) is 34.2. The van der Waals surface area contributed by atoms with Gasteiger partial charge in [-0.05, 0) is 77.0 Å². The van der Waals surface area contributed by atoms with Crippen LogP contribution in [0.2, 0.25) is 0 Å². The van der Waals surface area contributed by atoms with Gasteiger partial charge in [0.15, 0.2) is 0 Å². The fourth-order valence-corrected chi connectivity index (χ4v) is 6.06. The molecule has 0 spiro atoms. The lowest BCUT2D eigenvalue weighted by atomic mass is 10.1. The molecular formula is C44H76NO9P. The van der Waals surface area contributed by atoms with Gasteiger partial charge in [-0.1, -0.05) is 145 Å². The molecule has 0 rings (SSSR count). The number of hydrogen-bond acceptors (Lipinski definition) is 8. The van der Waals surface area contributed by atoms with Gasteiger partial charge in [0.05, 0.1) is 19.8 Å². The summed E-state index contributed by atoms with van der Waals surface area (Å²) in [5, 5.41) is 8.89. The third kappa shape index (κ3) is 39.4. The van der Waals surface area contributed by atoms with Crippen molar-refractivity contribution < 1.29 is 42.7 Å². The molecule has 0 heterocycles. The van der Waals surface area contributed by atoms with Gasteiger partial charge in [-0.15, -0.1) is 0 Å². The van der Waals surface area contributed by atoms with Crippen molar-refractivity contribution in [3.63, 3.8) is 0 Å². The minimum atomic E-state index is -4.63. The highest BCUT2D eigenvalue weighted by Gasteiger charge is 2.27. The van der Waals surface area contributed by atoms with E-state index in [1.165, 1.54) is 32.1 Å². The molecule has 0 aliphatic rings. The van der Waals surface area contributed by atoms with Gasteiger partial charge in [0.2, 0.25) is 0 Å². The van der Waals surface area contributed by atoms with Crippen LogP contribution in [-0.2, 0) is 32.7 Å². The molecule has 3 unspecified atom stereocenters. The summed E-state index contributed by atoms with van der Waals surface area (Å²) < 4.78 is 33.3. The highest BCUT2D eigenvalue weighted by atomic mass is 31.2. The number of ether oxygens (including phenoxy) is 2. The summed E-state index contributed by atoms with van der Waals surface area (Å²) in [6.07, 6.45) is 48.1. The van der Waals surface area contributed by atoms with Crippen LogP contribution in [-0.4, -0.2) is 60.5 Å². The zero-order chi connectivity index (χ0) is 40.5. The summed E-state index contributed by atoms with van der Waals surface area (Å²) in [5.74, 6) is -1.80. The Morgan fingerprint density at radius 2 is 1.00 bits per heavy atom. The van der Waals surface area contributed by atoms with Gasteiger partial charge in [-0.3, -0.25) is 18.6 Å². The van der Waals surface area contributed by atoms with Gasteiger partial charge in [0, 0.05) is 13.0 Å². The SMILES string of the molecule is CC/C=C\C/C=C\C/C=C\CCCCCCCCCC(=O)OC(COCCCCCCCC/C=C\C/C=C\C/C=C\CC)COP(=O)(O)OCC(N)C(=O)O. The van der Waals surface area contributed by atoms with Gasteiger partial charge in [-0.25, -0.2) is 4.57 Å². The van der Waals surface area contributed by atoms with Gasteiger partial charge >= 0.3 is 19.8 Å². The van der Waals surface area contributed by atoms with Crippen LogP contribution in [0.1, 0.15) is 155 Å². The number of allylic oxidation sites excluding steroid dienone is 12. The van der Waals surface area contributed by atoms with Crippen molar-refractivity contribution >= 4 is 19.8 Å². The number of nitrogens with two attached hydrogens (primary N) is 1. The number of carbonyl (C=O) groups is 2. The number of carboxylic acid groups (broad SMARTS) is 1. The number of carboxylic acids is 1. The first kappa shape index (κ1) is 52.4. The molecule has 4 N–H and O–H groups in total. The maximum atomic E-state index is 12.6. The van der Waals surface area contributed by atoms with E-state index in [4.69, 9.17) is 29.4 Å². The number of esters is 1. The molecule has 0 saturated heterocycles. The topological polar surface area (TPSA) is 155 Å². The lowest BCUT2D eigenvalue weighted by Crippen LogP contribution is -2.34. The first-order valence-corrected chi connectivity index (χ1v) is 22.5. The second-order valence-electron chi connectivity index (χ2n) is 13.7. The average molecular weight is 794 g/mol. The van der Waals surface area contributed by atoms with Crippen LogP contribution in [0.4, 0.5) is 0 Å². The maximum Gasteiger partial charge on any atom is 0.472 e. The summed E-state index contributed by atoms with van der Waals surface area (Å²) in [7, 11) is -4.63. The Bertz CT molecular complexity index is 1150. The summed E-state index contributed by atoms with van der Waals surface area (Å²) in [4.78, 5) is 33.5. The van der Waals surface area contributed by atoms with E-state index < -0.39 is 45.1 Å². The molecule has 0 bridgehead atoms. The zero-order valence-corrected chi connectivity index (χ0v) is 35.1. The molecule has 0 aliphatic carbocycles. The number of rotatable bonds is 39. The van der Waals surface area contributed by atoms with E-state index in [2.05, 4.69) is 86.8 Å². The number of aliphatic carboxylic acids is 1. The standard InChI is InChI=1S/C44H76NO9P/c1-3-5-7-9-11-13-15-17-19-21-22-24-26-28-30-32-34-36-43(46)54-41(39-52-55(49,50)53-40-42(45)44(47)48)38-51-37-35-33-31-29-27-25-23-20-18-16-14-12-10-8-6-4-2/h5-8,11-14,17-20,41-42H,3-4,9-10,15-16,21-40,45H2,1-2H3,(H,47,48)(H,49,50)/b7-5-,8-6-,13-11-,14-12-,19-17-,20-18-. The fraction of sp³-hybridized carbons (Fsp3) is 0.682. The third-order valence-corrected chi connectivity index (χ3v) is 9.43. The van der Waals surface area contributed by atoms with Crippen LogP contribution < -0.4 is 5.73 Å². The monoisotopic (exact) mass is 794 g/mol. The molecule has 316 valence electrons. The van der Waals surface area contributed by atoms with E-state index in [-0.39, 0.29) is 13.0 Å². The number of phosphoric acid groups is 1. The molecule has 0 aromatic carbocycles. The van der Waals surface area contributed by atoms with Crippen LogP contribution >= 0.6 is 7.82 Å². The lowest BCUT2D eigenvalue weighted by molar-refractivity contribution is -0.154. The second kappa shape index (κ2) is 39.6. The van der Waals surface area contributed by atoms with E-state index >= 15 is 0 Å². The predicted molar refractivity (Wildman–Crippen MR) is 226 cm³/mol. The van der Waals surface area contributed by atoms with Crippen molar-refractivity contribution in [2.45, 2.75) is 167 Å². The number of hydrogen-bond donors (Lipinski definition) is 3. The van der Waals surface area contributed by atoms with Gasteiger partial charge < -0.3 is 25.2 Å². The van der Waals surface area contributed by atoms with Crippen molar-refractivity contribution in [3.05, 3.63) is 72.9 Å². The molecule has 55 heavy (non-hydrogen) atoms. The summed E-state index contributed by atoms with van der Waals surface area (Å²) in [6, 6.07) is -1.48. The first-order chi connectivity index (χ1) is 26.7. The first-order valence-electron chi connectivity index (χ1n) is 21.0. The minimum Gasteiger partial charge on any atom is -0.480 e. The molecule has 0 aromatic heterocycles. The fourth-order valence-electron chi connectivity index (χ4n) is 5.28. The molecule has 0 aliphatic heterocycles. The Labute approximate surface area is 334 Å². The lowest BCUT2D eigenvalue weighted by Gasteiger charge is -2.20. The van der Waals surface area contributed by atoms with Crippen molar-refractivity contribution in [3.8, 4) is 0 Å². The Hall–Kier alpha value is -2.59. The van der Waals surface area contributed by atoms with Crippen molar-refractivity contribution in [1.82, 2.24) is 0 Å². The van der Waals surface area contributed by atoms with E-state index in [1.807, 2.05) is 0 Å². The predicted octanol–water partition coefficient (Wildman–Crippen LogP) is 11.4. The molecule has 0 fully saturated rings. The second-order valence-corrected chi connectivity index (χ2v) is 15.2. The van der Waals surface area contributed by atoms with E-state index in [0.717, 1.165) is 96.3 Å². The normalized spacial score (nSPS) is 14.7. The molecule has 11 heteroatoms. The molecule has 0 saturated carbocycles. The maximum absolute atomic E-state index is 12.6. The van der Waals surface area contributed by atoms with E-state index in [9.17, 15) is 19.0 Å². The average Bonchev–Trinajstić information content (AvgIpc) is 3.16. The summed E-state index contributed by atoms with van der Waals surface area (Å²) in [6.45, 7) is 3.60. The number of phosphoric ester groups is 1. The van der Waals surface area contributed by atoms with Crippen LogP contribution in [0.15, 0.2) is 72.9 Å². The Morgan fingerprint density at radius 3 is 1.49 bits per heavy atom. The van der Waals surface area contributed by atoms with Crippen LogP contribution in [0.25, 0.3) is 0 Å². The molecule has 10 nitrogen and oxygen atoms in total.